The predicted molar refractivity (Wildman–Crippen MR) is 78.0 cm³/mol. The lowest BCUT2D eigenvalue weighted by atomic mass is 10.2. The Balaban J connectivity index is 2.24. The highest BCUT2D eigenvalue weighted by Crippen LogP contribution is 2.29. The summed E-state index contributed by atoms with van der Waals surface area (Å²) in [5, 5.41) is 0.513. The first-order chi connectivity index (χ1) is 9.58. The van der Waals surface area contributed by atoms with Gasteiger partial charge in [-0.2, -0.15) is 4.98 Å². The quantitative estimate of drug-likeness (QED) is 0.915. The fourth-order valence-electron chi connectivity index (χ4n) is 1.60. The molecular weight excluding hydrogens is 278 g/mol. The molecule has 0 spiro atoms. The summed E-state index contributed by atoms with van der Waals surface area (Å²) in [6.07, 6.45) is 0. The number of aromatic nitrogens is 2. The summed E-state index contributed by atoms with van der Waals surface area (Å²) in [5.74, 6) is 1.69. The second kappa shape index (κ2) is 6.54. The van der Waals surface area contributed by atoms with Gasteiger partial charge in [0.05, 0.1) is 5.02 Å². The first-order valence-corrected chi connectivity index (χ1v) is 6.61. The summed E-state index contributed by atoms with van der Waals surface area (Å²) in [5.41, 5.74) is 6.78. The topological polar surface area (TPSA) is 70.3 Å². The number of nitrogens with zero attached hydrogens (tertiary/aromatic N) is 2. The number of aryl methyl sites for hydroxylation is 1. The van der Waals surface area contributed by atoms with Crippen LogP contribution >= 0.6 is 11.6 Å². The van der Waals surface area contributed by atoms with Gasteiger partial charge in [0.1, 0.15) is 18.2 Å². The maximum absolute atomic E-state index is 6.08. The van der Waals surface area contributed by atoms with Crippen LogP contribution in [0.4, 0.5) is 5.82 Å². The van der Waals surface area contributed by atoms with Gasteiger partial charge in [0.2, 0.25) is 5.88 Å². The Morgan fingerprint density at radius 3 is 2.80 bits per heavy atom. The minimum atomic E-state index is 0.291. The van der Waals surface area contributed by atoms with Crippen LogP contribution < -0.4 is 10.5 Å². The van der Waals surface area contributed by atoms with Crippen LogP contribution in [0.1, 0.15) is 18.3 Å². The molecule has 2 N–H and O–H groups in total. The lowest BCUT2D eigenvalue weighted by molar-refractivity contribution is 0.128. The second-order valence-corrected chi connectivity index (χ2v) is 4.63. The molecule has 2 aromatic rings. The molecule has 1 aromatic heterocycles. The van der Waals surface area contributed by atoms with Gasteiger partial charge in [-0.3, -0.25) is 0 Å². The van der Waals surface area contributed by atoms with Crippen LogP contribution in [0.2, 0.25) is 5.02 Å². The molecule has 2 rings (SSSR count). The molecule has 0 atom stereocenters. The van der Waals surface area contributed by atoms with Crippen LogP contribution in [0.15, 0.2) is 24.3 Å². The zero-order valence-electron chi connectivity index (χ0n) is 11.4. The summed E-state index contributed by atoms with van der Waals surface area (Å²) in [6.45, 7) is 4.73. The molecule has 0 unspecified atom stereocenters. The molecule has 1 aromatic carbocycles. The molecule has 0 saturated heterocycles. The van der Waals surface area contributed by atoms with Crippen molar-refractivity contribution in [1.29, 1.82) is 0 Å². The molecular formula is C14H16ClN3O2. The van der Waals surface area contributed by atoms with E-state index in [-0.39, 0.29) is 0 Å². The Morgan fingerprint density at radius 1 is 1.25 bits per heavy atom. The van der Waals surface area contributed by atoms with Crippen LogP contribution in [0, 0.1) is 6.92 Å². The first kappa shape index (κ1) is 14.6. The van der Waals surface area contributed by atoms with Crippen molar-refractivity contribution < 1.29 is 9.47 Å². The molecule has 0 aliphatic heterocycles. The van der Waals surface area contributed by atoms with Gasteiger partial charge in [-0.25, -0.2) is 4.98 Å². The number of anilines is 1. The van der Waals surface area contributed by atoms with Crippen molar-refractivity contribution in [2.24, 2.45) is 0 Å². The summed E-state index contributed by atoms with van der Waals surface area (Å²) in [6, 6.07) is 7.07. The number of hydrogen-bond acceptors (Lipinski definition) is 5. The maximum Gasteiger partial charge on any atom is 0.224 e. The van der Waals surface area contributed by atoms with E-state index in [4.69, 9.17) is 26.8 Å². The van der Waals surface area contributed by atoms with Gasteiger partial charge in [-0.15, -0.1) is 0 Å². The highest BCUT2D eigenvalue weighted by Gasteiger charge is 2.08. The highest BCUT2D eigenvalue weighted by molar-refractivity contribution is 6.32. The smallest absolute Gasteiger partial charge is 0.224 e. The van der Waals surface area contributed by atoms with Crippen molar-refractivity contribution in [2.75, 3.05) is 12.3 Å². The number of rotatable bonds is 5. The van der Waals surface area contributed by atoms with Crippen molar-refractivity contribution in [3.63, 3.8) is 0 Å². The molecule has 106 valence electrons. The Morgan fingerprint density at radius 2 is 2.05 bits per heavy atom. The number of nitrogen functional groups attached to an aromatic ring is 1. The van der Waals surface area contributed by atoms with E-state index < -0.39 is 0 Å². The molecule has 0 bridgehead atoms. The van der Waals surface area contributed by atoms with Gasteiger partial charge in [0, 0.05) is 12.7 Å². The minimum absolute atomic E-state index is 0.291. The third kappa shape index (κ3) is 3.82. The molecule has 0 fully saturated rings. The third-order valence-corrected chi connectivity index (χ3v) is 2.82. The third-order valence-electron chi connectivity index (χ3n) is 2.51. The molecule has 5 nitrogen and oxygen atoms in total. The van der Waals surface area contributed by atoms with Crippen molar-refractivity contribution in [3.05, 3.63) is 40.7 Å². The number of nitrogens with two attached hydrogens (primary N) is 1. The first-order valence-electron chi connectivity index (χ1n) is 6.23. The zero-order valence-corrected chi connectivity index (χ0v) is 12.1. The van der Waals surface area contributed by atoms with Crippen molar-refractivity contribution in [1.82, 2.24) is 9.97 Å². The summed E-state index contributed by atoms with van der Waals surface area (Å²) >= 11 is 6.08. The van der Waals surface area contributed by atoms with E-state index in [9.17, 15) is 0 Å². The fraction of sp³-hybridized carbons (Fsp3) is 0.286. The Hall–Kier alpha value is -1.85. The molecule has 0 radical (unpaired) electrons. The van der Waals surface area contributed by atoms with Gasteiger partial charge in [-0.1, -0.05) is 17.7 Å². The number of hydrogen-bond donors (Lipinski definition) is 1. The Labute approximate surface area is 122 Å². The molecule has 0 saturated carbocycles. The second-order valence-electron chi connectivity index (χ2n) is 4.22. The standard InChI is InChI=1S/C14H16ClN3O2/c1-3-19-8-13-17-12(16)7-14(18-13)20-11-6-9(2)4-5-10(11)15/h4-7H,3,8H2,1-2H3,(H2,16,17,18). The zero-order chi connectivity index (χ0) is 14.5. The van der Waals surface area contributed by atoms with E-state index in [0.29, 0.717) is 41.5 Å². The largest absolute Gasteiger partial charge is 0.437 e. The maximum atomic E-state index is 6.08. The number of ether oxygens (including phenoxy) is 2. The number of halogens is 1. The SMILES string of the molecule is CCOCc1nc(N)cc(Oc2cc(C)ccc2Cl)n1. The summed E-state index contributed by atoms with van der Waals surface area (Å²) in [7, 11) is 0. The molecule has 0 aliphatic carbocycles. The lowest BCUT2D eigenvalue weighted by Gasteiger charge is -2.09. The Kier molecular flexibility index (Phi) is 4.76. The van der Waals surface area contributed by atoms with E-state index in [1.54, 1.807) is 12.1 Å². The Bertz CT molecular complexity index is 605. The summed E-state index contributed by atoms with van der Waals surface area (Å²) < 4.78 is 10.9. The van der Waals surface area contributed by atoms with Crippen molar-refractivity contribution in [2.45, 2.75) is 20.5 Å². The minimum Gasteiger partial charge on any atom is -0.437 e. The molecule has 0 aliphatic rings. The fourth-order valence-corrected chi connectivity index (χ4v) is 1.76. The van der Waals surface area contributed by atoms with Gasteiger partial charge >= 0.3 is 0 Å². The molecule has 6 heteroatoms. The van der Waals surface area contributed by atoms with Crippen LogP contribution in [0.3, 0.4) is 0 Å². The van der Waals surface area contributed by atoms with Crippen molar-refractivity contribution in [3.8, 4) is 11.6 Å². The number of benzene rings is 1. The van der Waals surface area contributed by atoms with Gasteiger partial charge in [0.25, 0.3) is 0 Å². The predicted octanol–water partition coefficient (Wildman–Crippen LogP) is 3.35. The van der Waals surface area contributed by atoms with E-state index in [0.717, 1.165) is 5.56 Å². The summed E-state index contributed by atoms with van der Waals surface area (Å²) in [4.78, 5) is 8.32. The van der Waals surface area contributed by atoms with Gasteiger partial charge < -0.3 is 15.2 Å². The van der Waals surface area contributed by atoms with Crippen LogP contribution in [0.5, 0.6) is 11.6 Å². The molecule has 0 amide bonds. The molecule has 1 heterocycles. The average molecular weight is 294 g/mol. The normalized spacial score (nSPS) is 10.6. The van der Waals surface area contributed by atoms with Crippen LogP contribution in [-0.2, 0) is 11.3 Å². The van der Waals surface area contributed by atoms with E-state index in [1.807, 2.05) is 26.0 Å². The highest BCUT2D eigenvalue weighted by atomic mass is 35.5. The lowest BCUT2D eigenvalue weighted by Crippen LogP contribution is -2.03. The van der Waals surface area contributed by atoms with Gasteiger partial charge in [0.15, 0.2) is 5.82 Å². The van der Waals surface area contributed by atoms with E-state index >= 15 is 0 Å². The van der Waals surface area contributed by atoms with E-state index in [1.165, 1.54) is 0 Å². The van der Waals surface area contributed by atoms with Gasteiger partial charge in [-0.05, 0) is 31.5 Å². The molecule has 20 heavy (non-hydrogen) atoms. The van der Waals surface area contributed by atoms with Crippen LogP contribution in [-0.4, -0.2) is 16.6 Å². The van der Waals surface area contributed by atoms with Crippen molar-refractivity contribution >= 4 is 17.4 Å². The van der Waals surface area contributed by atoms with E-state index in [2.05, 4.69) is 9.97 Å². The monoisotopic (exact) mass is 293 g/mol. The van der Waals surface area contributed by atoms with Crippen LogP contribution in [0.25, 0.3) is 0 Å². The average Bonchev–Trinajstić information content (AvgIpc) is 2.40.